The van der Waals surface area contributed by atoms with Crippen molar-refractivity contribution in [2.75, 3.05) is 26.2 Å². The summed E-state index contributed by atoms with van der Waals surface area (Å²) in [6.45, 7) is 7.69. The van der Waals surface area contributed by atoms with Crippen molar-refractivity contribution >= 4 is 0 Å². The normalized spacial score (nSPS) is 16.9. The molecule has 2 aromatic rings. The zero-order chi connectivity index (χ0) is 14.7. The standard InChI is InChI=1S/C17H24N4/c1-14-4-5-15(13-21-10-3-7-18-9-11-21)16(12-14)17-6-8-19-20(17)2/h4-6,8,12,18H,3,7,9-11,13H2,1-2H3. The van der Waals surface area contributed by atoms with Crippen molar-refractivity contribution in [3.8, 4) is 11.3 Å². The smallest absolute Gasteiger partial charge is 0.0682 e. The number of aryl methyl sites for hydroxylation is 2. The number of aromatic nitrogens is 2. The molecule has 1 aliphatic heterocycles. The van der Waals surface area contributed by atoms with Crippen LogP contribution in [0.5, 0.6) is 0 Å². The van der Waals surface area contributed by atoms with Crippen LogP contribution < -0.4 is 5.32 Å². The second-order valence-electron chi connectivity index (χ2n) is 5.88. The lowest BCUT2D eigenvalue weighted by atomic mass is 10.0. The van der Waals surface area contributed by atoms with E-state index >= 15 is 0 Å². The summed E-state index contributed by atoms with van der Waals surface area (Å²) in [5, 5.41) is 7.79. The first kappa shape index (κ1) is 14.3. The van der Waals surface area contributed by atoms with Gasteiger partial charge in [0.1, 0.15) is 0 Å². The van der Waals surface area contributed by atoms with Crippen LogP contribution in [0.3, 0.4) is 0 Å². The predicted octanol–water partition coefficient (Wildman–Crippen LogP) is 2.19. The SMILES string of the molecule is Cc1ccc(CN2CCCNCC2)c(-c2ccnn2C)c1. The Morgan fingerprint density at radius 3 is 2.90 bits per heavy atom. The van der Waals surface area contributed by atoms with E-state index in [0.29, 0.717) is 0 Å². The summed E-state index contributed by atoms with van der Waals surface area (Å²) in [7, 11) is 2.01. The molecular weight excluding hydrogens is 260 g/mol. The molecule has 0 spiro atoms. The molecule has 1 aliphatic rings. The van der Waals surface area contributed by atoms with Crippen LogP contribution in [0.15, 0.2) is 30.5 Å². The van der Waals surface area contributed by atoms with E-state index in [1.54, 1.807) is 0 Å². The van der Waals surface area contributed by atoms with Crippen LogP contribution in [0.1, 0.15) is 17.5 Å². The highest BCUT2D eigenvalue weighted by molar-refractivity contribution is 5.64. The first-order chi connectivity index (χ1) is 10.2. The topological polar surface area (TPSA) is 33.1 Å². The Balaban J connectivity index is 1.89. The van der Waals surface area contributed by atoms with E-state index in [0.717, 1.165) is 26.2 Å². The minimum atomic E-state index is 1.02. The fraction of sp³-hybridized carbons (Fsp3) is 0.471. The molecule has 0 aliphatic carbocycles. The van der Waals surface area contributed by atoms with Crippen LogP contribution in [0.2, 0.25) is 0 Å². The highest BCUT2D eigenvalue weighted by Gasteiger charge is 2.14. The number of nitrogens with zero attached hydrogens (tertiary/aromatic N) is 3. The molecule has 2 heterocycles. The summed E-state index contributed by atoms with van der Waals surface area (Å²) < 4.78 is 1.96. The van der Waals surface area contributed by atoms with Crippen molar-refractivity contribution in [2.24, 2.45) is 7.05 Å². The zero-order valence-corrected chi connectivity index (χ0v) is 13.0. The van der Waals surface area contributed by atoms with Crippen molar-refractivity contribution in [1.29, 1.82) is 0 Å². The van der Waals surface area contributed by atoms with Crippen LogP contribution >= 0.6 is 0 Å². The van der Waals surface area contributed by atoms with Gasteiger partial charge in [0.05, 0.1) is 5.69 Å². The summed E-state index contributed by atoms with van der Waals surface area (Å²) in [5.74, 6) is 0. The van der Waals surface area contributed by atoms with E-state index in [9.17, 15) is 0 Å². The monoisotopic (exact) mass is 284 g/mol. The summed E-state index contributed by atoms with van der Waals surface area (Å²) in [6, 6.07) is 8.87. The van der Waals surface area contributed by atoms with E-state index in [2.05, 4.69) is 46.5 Å². The van der Waals surface area contributed by atoms with Gasteiger partial charge in [0.25, 0.3) is 0 Å². The molecule has 0 unspecified atom stereocenters. The highest BCUT2D eigenvalue weighted by Crippen LogP contribution is 2.25. The van der Waals surface area contributed by atoms with Gasteiger partial charge in [0.15, 0.2) is 0 Å². The summed E-state index contributed by atoms with van der Waals surface area (Å²) >= 11 is 0. The van der Waals surface area contributed by atoms with E-state index in [1.165, 1.54) is 35.3 Å². The van der Waals surface area contributed by atoms with Gasteiger partial charge < -0.3 is 5.32 Å². The lowest BCUT2D eigenvalue weighted by Crippen LogP contribution is -2.27. The fourth-order valence-electron chi connectivity index (χ4n) is 3.01. The van der Waals surface area contributed by atoms with Crippen LogP contribution in [0, 0.1) is 6.92 Å². The maximum Gasteiger partial charge on any atom is 0.0682 e. The zero-order valence-electron chi connectivity index (χ0n) is 13.0. The molecule has 1 N–H and O–H groups in total. The second kappa shape index (κ2) is 6.41. The van der Waals surface area contributed by atoms with Gasteiger partial charge in [0, 0.05) is 38.4 Å². The van der Waals surface area contributed by atoms with Crippen molar-refractivity contribution < 1.29 is 0 Å². The quantitative estimate of drug-likeness (QED) is 0.938. The Bertz CT molecular complexity index is 595. The van der Waals surface area contributed by atoms with Crippen molar-refractivity contribution in [3.05, 3.63) is 41.6 Å². The van der Waals surface area contributed by atoms with Gasteiger partial charge in [-0.2, -0.15) is 5.10 Å². The number of benzene rings is 1. The maximum absolute atomic E-state index is 4.32. The van der Waals surface area contributed by atoms with Gasteiger partial charge in [-0.05, 0) is 44.1 Å². The van der Waals surface area contributed by atoms with Gasteiger partial charge in [-0.15, -0.1) is 0 Å². The molecule has 112 valence electrons. The highest BCUT2D eigenvalue weighted by atomic mass is 15.3. The third-order valence-electron chi connectivity index (χ3n) is 4.19. The number of hydrogen-bond acceptors (Lipinski definition) is 3. The summed E-state index contributed by atoms with van der Waals surface area (Å²) in [5.41, 5.74) is 5.20. The Morgan fingerprint density at radius 2 is 2.10 bits per heavy atom. The molecule has 0 saturated carbocycles. The molecule has 0 atom stereocenters. The largest absolute Gasteiger partial charge is 0.315 e. The van der Waals surface area contributed by atoms with Gasteiger partial charge >= 0.3 is 0 Å². The van der Waals surface area contributed by atoms with Crippen molar-refractivity contribution in [2.45, 2.75) is 19.9 Å². The molecular formula is C17H24N4. The lowest BCUT2D eigenvalue weighted by molar-refractivity contribution is 0.285. The molecule has 4 heteroatoms. The predicted molar refractivity (Wildman–Crippen MR) is 86.1 cm³/mol. The Kier molecular flexibility index (Phi) is 4.36. The van der Waals surface area contributed by atoms with Crippen LogP contribution in [-0.2, 0) is 13.6 Å². The minimum absolute atomic E-state index is 1.02. The Hall–Kier alpha value is -1.65. The molecule has 1 saturated heterocycles. The average Bonchev–Trinajstić information content (AvgIpc) is 2.73. The molecule has 21 heavy (non-hydrogen) atoms. The average molecular weight is 284 g/mol. The number of hydrogen-bond donors (Lipinski definition) is 1. The molecule has 4 nitrogen and oxygen atoms in total. The molecule has 1 aromatic heterocycles. The fourth-order valence-corrected chi connectivity index (χ4v) is 3.01. The third kappa shape index (κ3) is 3.34. The first-order valence-electron chi connectivity index (χ1n) is 7.75. The minimum Gasteiger partial charge on any atom is -0.315 e. The molecule has 1 aromatic carbocycles. The number of rotatable bonds is 3. The second-order valence-corrected chi connectivity index (χ2v) is 5.88. The van der Waals surface area contributed by atoms with Crippen LogP contribution in [0.4, 0.5) is 0 Å². The Morgan fingerprint density at radius 1 is 1.19 bits per heavy atom. The Labute approximate surface area is 126 Å². The number of nitrogens with one attached hydrogen (secondary N) is 1. The van der Waals surface area contributed by atoms with E-state index in [1.807, 2.05) is 17.9 Å². The summed E-state index contributed by atoms with van der Waals surface area (Å²) in [6.07, 6.45) is 3.10. The van der Waals surface area contributed by atoms with Crippen molar-refractivity contribution in [1.82, 2.24) is 20.0 Å². The van der Waals surface area contributed by atoms with Crippen LogP contribution in [0.25, 0.3) is 11.3 Å². The molecule has 0 radical (unpaired) electrons. The molecule has 0 bridgehead atoms. The molecule has 1 fully saturated rings. The van der Waals surface area contributed by atoms with E-state index in [4.69, 9.17) is 0 Å². The molecule has 0 amide bonds. The van der Waals surface area contributed by atoms with Crippen LogP contribution in [-0.4, -0.2) is 40.9 Å². The van der Waals surface area contributed by atoms with Gasteiger partial charge in [-0.25, -0.2) is 0 Å². The van der Waals surface area contributed by atoms with E-state index in [-0.39, 0.29) is 0 Å². The van der Waals surface area contributed by atoms with Crippen molar-refractivity contribution in [3.63, 3.8) is 0 Å². The summed E-state index contributed by atoms with van der Waals surface area (Å²) in [4.78, 5) is 2.55. The van der Waals surface area contributed by atoms with Gasteiger partial charge in [-0.3, -0.25) is 9.58 Å². The first-order valence-corrected chi connectivity index (χ1v) is 7.75. The van der Waals surface area contributed by atoms with Gasteiger partial charge in [-0.1, -0.05) is 17.7 Å². The van der Waals surface area contributed by atoms with Gasteiger partial charge in [0.2, 0.25) is 0 Å². The third-order valence-corrected chi connectivity index (χ3v) is 4.19. The van der Waals surface area contributed by atoms with E-state index < -0.39 is 0 Å². The maximum atomic E-state index is 4.32. The molecule has 3 rings (SSSR count). The lowest BCUT2D eigenvalue weighted by Gasteiger charge is -2.21.